The summed E-state index contributed by atoms with van der Waals surface area (Å²) in [5, 5.41) is 29.7. The molecule has 24 heavy (non-hydrogen) atoms. The van der Waals surface area contributed by atoms with E-state index < -0.39 is 24.0 Å². The summed E-state index contributed by atoms with van der Waals surface area (Å²) in [5.41, 5.74) is 0.223. The molecule has 1 aromatic rings. The zero-order valence-electron chi connectivity index (χ0n) is 13.2. The van der Waals surface area contributed by atoms with Crippen molar-refractivity contribution in [3.05, 3.63) is 41.2 Å². The summed E-state index contributed by atoms with van der Waals surface area (Å²) in [6.45, 7) is 1.36. The lowest BCUT2D eigenvalue weighted by Gasteiger charge is -2.16. The number of hydrogen-bond acceptors (Lipinski definition) is 7. The average Bonchev–Trinajstić information content (AvgIpc) is 2.52. The molecule has 0 fully saturated rings. The number of esters is 1. The molecule has 7 heteroatoms. The normalized spacial score (nSPS) is 25.4. The second kappa shape index (κ2) is 7.29. The van der Waals surface area contributed by atoms with Gasteiger partial charge in [0.1, 0.15) is 28.9 Å². The lowest BCUT2D eigenvalue weighted by atomic mass is 10.0. The molecular weight excluding hydrogens is 316 g/mol. The standard InChI is InChI=1S/C17H18O7/c1-9-6-14(20)16(21)12(18)5-3-4-10-7-11(23-2)8-13(19)15(10)17(22)24-9/h3-4,6-8,12,16,18-19,21H,5H2,1-2H3/b4-3+,9-6-/t12-,16-/m0/s1. The number of phenolic OH excluding ortho intramolecular Hbond substituents is 1. The highest BCUT2D eigenvalue weighted by Gasteiger charge is 2.24. The number of carbonyl (C=O) groups is 2. The Hall–Kier alpha value is -2.64. The molecule has 0 amide bonds. The molecule has 7 nitrogen and oxygen atoms in total. The van der Waals surface area contributed by atoms with Gasteiger partial charge in [0, 0.05) is 12.1 Å². The first-order chi connectivity index (χ1) is 11.3. The van der Waals surface area contributed by atoms with E-state index in [0.29, 0.717) is 11.3 Å². The van der Waals surface area contributed by atoms with Gasteiger partial charge in [-0.25, -0.2) is 4.79 Å². The summed E-state index contributed by atoms with van der Waals surface area (Å²) in [5.74, 6) is -1.70. The zero-order valence-corrected chi connectivity index (χ0v) is 13.2. The van der Waals surface area contributed by atoms with Crippen molar-refractivity contribution < 1.29 is 34.4 Å². The number of cyclic esters (lactones) is 1. The number of benzene rings is 1. The minimum absolute atomic E-state index is 0.0216. The molecule has 2 atom stereocenters. The first-order valence-corrected chi connectivity index (χ1v) is 7.21. The number of aliphatic hydroxyl groups is 2. The summed E-state index contributed by atoms with van der Waals surface area (Å²) < 4.78 is 10.1. The highest BCUT2D eigenvalue weighted by molar-refractivity contribution is 5.99. The van der Waals surface area contributed by atoms with Gasteiger partial charge in [0.2, 0.25) is 0 Å². The Morgan fingerprint density at radius 3 is 2.62 bits per heavy atom. The molecule has 0 saturated heterocycles. The van der Waals surface area contributed by atoms with Crippen LogP contribution in [0.2, 0.25) is 0 Å². The third-order valence-electron chi connectivity index (χ3n) is 3.49. The molecule has 0 unspecified atom stereocenters. The highest BCUT2D eigenvalue weighted by atomic mass is 16.5. The van der Waals surface area contributed by atoms with Gasteiger partial charge in [-0.3, -0.25) is 4.79 Å². The van der Waals surface area contributed by atoms with Crippen LogP contribution < -0.4 is 4.74 Å². The smallest absolute Gasteiger partial charge is 0.347 e. The Balaban J connectivity index is 2.54. The predicted molar refractivity (Wildman–Crippen MR) is 84.5 cm³/mol. The number of allylic oxidation sites excluding steroid dienone is 1. The molecule has 0 aromatic heterocycles. The average molecular weight is 334 g/mol. The van der Waals surface area contributed by atoms with Gasteiger partial charge >= 0.3 is 5.97 Å². The summed E-state index contributed by atoms with van der Waals surface area (Å²) in [6.07, 6.45) is 0.921. The number of methoxy groups -OCH3 is 1. The number of hydrogen-bond donors (Lipinski definition) is 3. The first kappa shape index (κ1) is 17.7. The van der Waals surface area contributed by atoms with E-state index in [9.17, 15) is 24.9 Å². The maximum Gasteiger partial charge on any atom is 0.347 e. The SMILES string of the molecule is COc1cc(O)c2c(c1)/C=C/C[C@H](O)[C@H](O)C(=O)/C=C(/C)OC2=O. The molecule has 2 rings (SSSR count). The van der Waals surface area contributed by atoms with Gasteiger partial charge in [-0.1, -0.05) is 12.2 Å². The number of fused-ring (bicyclic) bond motifs is 1. The van der Waals surface area contributed by atoms with Crippen LogP contribution in [-0.2, 0) is 9.53 Å². The number of phenols is 1. The molecule has 0 radical (unpaired) electrons. The maximum atomic E-state index is 12.3. The summed E-state index contributed by atoms with van der Waals surface area (Å²) in [7, 11) is 1.41. The van der Waals surface area contributed by atoms with Crippen molar-refractivity contribution in [2.75, 3.05) is 7.11 Å². The maximum absolute atomic E-state index is 12.3. The van der Waals surface area contributed by atoms with Gasteiger partial charge < -0.3 is 24.8 Å². The molecule has 0 saturated carbocycles. The number of carbonyl (C=O) groups excluding carboxylic acids is 2. The lowest BCUT2D eigenvalue weighted by Crippen LogP contribution is -2.32. The molecule has 1 aliphatic rings. The lowest BCUT2D eigenvalue weighted by molar-refractivity contribution is -0.127. The monoisotopic (exact) mass is 334 g/mol. The molecule has 128 valence electrons. The van der Waals surface area contributed by atoms with Gasteiger partial charge in [-0.2, -0.15) is 0 Å². The minimum Gasteiger partial charge on any atom is -0.507 e. The third kappa shape index (κ3) is 3.81. The fourth-order valence-electron chi connectivity index (χ4n) is 2.26. The van der Waals surface area contributed by atoms with Crippen LogP contribution in [0.1, 0.15) is 29.3 Å². The van der Waals surface area contributed by atoms with E-state index in [2.05, 4.69) is 0 Å². The number of ether oxygens (including phenoxy) is 2. The Morgan fingerprint density at radius 2 is 1.96 bits per heavy atom. The summed E-state index contributed by atoms with van der Waals surface area (Å²) in [6, 6.07) is 2.79. The highest BCUT2D eigenvalue weighted by Crippen LogP contribution is 2.30. The molecule has 3 N–H and O–H groups in total. The Morgan fingerprint density at radius 1 is 1.25 bits per heavy atom. The van der Waals surface area contributed by atoms with Crippen LogP contribution in [0.3, 0.4) is 0 Å². The fraction of sp³-hybridized carbons (Fsp3) is 0.294. The Labute approximate surface area is 138 Å². The van der Waals surface area contributed by atoms with Gasteiger partial charge in [-0.15, -0.1) is 0 Å². The predicted octanol–water partition coefficient (Wildman–Crippen LogP) is 1.17. The van der Waals surface area contributed by atoms with E-state index >= 15 is 0 Å². The van der Waals surface area contributed by atoms with Crippen LogP contribution >= 0.6 is 0 Å². The topological polar surface area (TPSA) is 113 Å². The summed E-state index contributed by atoms with van der Waals surface area (Å²) in [4.78, 5) is 24.1. The second-order valence-corrected chi connectivity index (χ2v) is 5.31. The molecule has 1 heterocycles. The van der Waals surface area contributed by atoms with E-state index in [1.807, 2.05) is 0 Å². The number of aliphatic hydroxyl groups excluding tert-OH is 2. The van der Waals surface area contributed by atoms with Crippen LogP contribution in [-0.4, -0.2) is 46.4 Å². The molecule has 1 aliphatic heterocycles. The van der Waals surface area contributed by atoms with Gasteiger partial charge in [0.15, 0.2) is 5.78 Å². The third-order valence-corrected chi connectivity index (χ3v) is 3.49. The molecular formula is C17H18O7. The van der Waals surface area contributed by atoms with E-state index in [1.54, 1.807) is 0 Å². The largest absolute Gasteiger partial charge is 0.507 e. The van der Waals surface area contributed by atoms with Crippen molar-refractivity contribution in [3.63, 3.8) is 0 Å². The molecule has 1 aromatic carbocycles. The Kier molecular flexibility index (Phi) is 5.38. The molecule has 0 bridgehead atoms. The van der Waals surface area contributed by atoms with Crippen LogP contribution in [0, 0.1) is 0 Å². The van der Waals surface area contributed by atoms with Gasteiger partial charge in [0.25, 0.3) is 0 Å². The van der Waals surface area contributed by atoms with Gasteiger partial charge in [0.05, 0.1) is 13.2 Å². The van der Waals surface area contributed by atoms with E-state index in [1.165, 1.54) is 38.3 Å². The van der Waals surface area contributed by atoms with Crippen LogP contribution in [0.15, 0.2) is 30.0 Å². The second-order valence-electron chi connectivity index (χ2n) is 5.31. The number of ketones is 1. The quantitative estimate of drug-likeness (QED) is 0.661. The van der Waals surface area contributed by atoms with Gasteiger partial charge in [-0.05, 0) is 25.0 Å². The Bertz CT molecular complexity index is 718. The minimum atomic E-state index is -1.62. The number of rotatable bonds is 1. The van der Waals surface area contributed by atoms with Crippen molar-refractivity contribution in [2.45, 2.75) is 25.6 Å². The fourth-order valence-corrected chi connectivity index (χ4v) is 2.26. The van der Waals surface area contributed by atoms with Crippen LogP contribution in [0.25, 0.3) is 6.08 Å². The van der Waals surface area contributed by atoms with Crippen molar-refractivity contribution in [2.24, 2.45) is 0 Å². The van der Waals surface area contributed by atoms with Crippen molar-refractivity contribution >= 4 is 17.8 Å². The van der Waals surface area contributed by atoms with E-state index in [0.717, 1.165) is 6.08 Å². The van der Waals surface area contributed by atoms with E-state index in [4.69, 9.17) is 9.47 Å². The zero-order chi connectivity index (χ0) is 17.9. The van der Waals surface area contributed by atoms with Crippen LogP contribution in [0.5, 0.6) is 11.5 Å². The molecule has 0 spiro atoms. The van der Waals surface area contributed by atoms with Crippen molar-refractivity contribution in [1.29, 1.82) is 0 Å². The van der Waals surface area contributed by atoms with E-state index in [-0.39, 0.29) is 23.5 Å². The first-order valence-electron chi connectivity index (χ1n) is 7.21. The number of aromatic hydroxyl groups is 1. The van der Waals surface area contributed by atoms with Crippen molar-refractivity contribution in [3.8, 4) is 11.5 Å². The van der Waals surface area contributed by atoms with Crippen LogP contribution in [0.4, 0.5) is 0 Å². The summed E-state index contributed by atoms with van der Waals surface area (Å²) >= 11 is 0. The van der Waals surface area contributed by atoms with Crippen molar-refractivity contribution in [1.82, 2.24) is 0 Å². The molecule has 0 aliphatic carbocycles.